The highest BCUT2D eigenvalue weighted by atomic mass is 19.1. The summed E-state index contributed by atoms with van der Waals surface area (Å²) >= 11 is 0. The van der Waals surface area contributed by atoms with Gasteiger partial charge in [0.05, 0.1) is 62.2 Å². The minimum absolute atomic E-state index is 0.205. The third-order valence-corrected chi connectivity index (χ3v) is 17.8. The molecule has 15 heteroatoms. The minimum Gasteiger partial charge on any atom is -0.232 e. The van der Waals surface area contributed by atoms with Crippen LogP contribution in [-0.4, -0.2) is 24.9 Å². The average molecular weight is 1320 g/mol. The van der Waals surface area contributed by atoms with Crippen molar-refractivity contribution in [3.05, 3.63) is 299 Å². The van der Waals surface area contributed by atoms with Crippen LogP contribution < -0.4 is 22.8 Å². The van der Waals surface area contributed by atoms with Crippen LogP contribution in [0.5, 0.6) is 0 Å². The van der Waals surface area contributed by atoms with Gasteiger partial charge in [0.25, 0.3) is 31.1 Å². The van der Waals surface area contributed by atoms with Crippen molar-refractivity contribution in [1.82, 2.24) is 24.9 Å². The van der Waals surface area contributed by atoms with Gasteiger partial charge in [0.15, 0.2) is 27.6 Å². The van der Waals surface area contributed by atoms with E-state index in [-0.39, 0.29) is 29.1 Å². The highest BCUT2D eigenvalue weighted by Crippen LogP contribution is 2.33. The molecule has 0 aliphatic carbocycles. The molecule has 0 aliphatic rings. The summed E-state index contributed by atoms with van der Waals surface area (Å²) in [4.78, 5) is 22.4. The van der Waals surface area contributed by atoms with E-state index in [0.717, 1.165) is 150 Å². The van der Waals surface area contributed by atoms with Gasteiger partial charge >= 0.3 is 0 Å². The van der Waals surface area contributed by atoms with Crippen molar-refractivity contribution in [3.63, 3.8) is 0 Å². The van der Waals surface area contributed by atoms with Crippen molar-refractivity contribution in [1.29, 1.82) is 0 Å². The second-order valence-electron chi connectivity index (χ2n) is 25.2. The molecule has 0 saturated heterocycles. The SMILES string of the molecule is Cc1cc(F)ccc1-c1c2cccc(C)c2nc[n+]1C.Cc1cc(F)ccc1-c1c2ccccc2nc(C)[n+]1C.Cc1cc(F)ccc1-c1c2ccccc2nc[n+]1C.Cc1ccc2c(-c3ccc(F)cc3C)[n+](C)cnc2c1.Cc1ccc2nc[n+](C)c(-c3ccc(F)cc3C)c2c1. The molecule has 494 valence electrons. The number of halogens is 5. The summed E-state index contributed by atoms with van der Waals surface area (Å²) in [6.07, 6.45) is 7.21. The predicted molar refractivity (Wildman–Crippen MR) is 384 cm³/mol. The summed E-state index contributed by atoms with van der Waals surface area (Å²) in [5.74, 6) is -0.0938. The highest BCUT2D eigenvalue weighted by Gasteiger charge is 2.23. The number of rotatable bonds is 5. The molecule has 5 heterocycles. The average Bonchev–Trinajstić information content (AvgIpc) is 0.845. The summed E-state index contributed by atoms with van der Waals surface area (Å²) in [6, 6.07) is 59.1. The first-order chi connectivity index (χ1) is 47.4. The van der Waals surface area contributed by atoms with E-state index in [4.69, 9.17) is 0 Å². The Balaban J connectivity index is 0.000000125. The molecule has 0 spiro atoms. The smallest absolute Gasteiger partial charge is 0.232 e. The number of nitrogens with zero attached hydrogens (tertiary/aromatic N) is 10. The Morgan fingerprint density at radius 3 is 1.07 bits per heavy atom. The van der Waals surface area contributed by atoms with Crippen LogP contribution in [-0.2, 0) is 35.2 Å². The molecule has 0 atom stereocenters. The van der Waals surface area contributed by atoms with Crippen LogP contribution >= 0.6 is 0 Å². The molecule has 10 aromatic carbocycles. The van der Waals surface area contributed by atoms with Crippen LogP contribution in [0.25, 0.3) is 111 Å². The maximum absolute atomic E-state index is 13.3. The molecule has 0 amide bonds. The number of hydrogen-bond donors (Lipinski definition) is 0. The highest BCUT2D eigenvalue weighted by molar-refractivity contribution is 5.95. The minimum atomic E-state index is -0.206. The number of aromatic nitrogens is 10. The Morgan fingerprint density at radius 2 is 0.606 bits per heavy atom. The van der Waals surface area contributed by atoms with E-state index in [9.17, 15) is 22.0 Å². The molecule has 0 N–H and O–H groups in total. The summed E-state index contributed by atoms with van der Waals surface area (Å²) < 4.78 is 76.5. The standard InChI is InChI=1S/4C17H16FN2.C16H14FN2/c1-11-4-7-16-15(8-11)17(20(3)10-19-16)14-6-5-13(18)9-12(14)2;1-11-4-6-15-16(8-11)19-10-20(3)17(15)14-7-5-13(18)9-12(14)2;1-11-5-4-6-15-16(11)19-10-20(3)17(15)14-8-7-13(18)9-12(14)2;1-11-10-13(18)8-9-14(11)17-15-6-4-5-7-16(15)19-12(2)20(17)3;1-11-9-12(17)7-8-13(11)16-14-5-3-4-6-15(14)18-10-19(16)2/h4*4-10H,1-3H3;3-10H,1-2H3/q5*+1. The molecule has 5 aromatic heterocycles. The van der Waals surface area contributed by atoms with Crippen molar-refractivity contribution >= 4 is 54.5 Å². The van der Waals surface area contributed by atoms with Gasteiger partial charge in [-0.1, -0.05) is 54.1 Å². The fourth-order valence-electron chi connectivity index (χ4n) is 12.8. The summed E-state index contributed by atoms with van der Waals surface area (Å²) in [6.45, 7) is 17.8. The van der Waals surface area contributed by atoms with E-state index < -0.39 is 0 Å². The first kappa shape index (κ1) is 68.9. The molecule has 0 aliphatic heterocycles. The Kier molecular flexibility index (Phi) is 20.5. The lowest BCUT2D eigenvalue weighted by atomic mass is 10.00. The maximum Gasteiger partial charge on any atom is 0.296 e. The second-order valence-corrected chi connectivity index (χ2v) is 25.2. The Hall–Kier alpha value is -11.5. The second kappa shape index (κ2) is 29.5. The lowest BCUT2D eigenvalue weighted by Crippen LogP contribution is -2.36. The van der Waals surface area contributed by atoms with Crippen LogP contribution in [0.1, 0.15) is 50.3 Å². The van der Waals surface area contributed by atoms with Gasteiger partial charge in [-0.2, -0.15) is 0 Å². The van der Waals surface area contributed by atoms with Gasteiger partial charge < -0.3 is 0 Å². The van der Waals surface area contributed by atoms with Crippen molar-refractivity contribution in [2.75, 3.05) is 0 Å². The van der Waals surface area contributed by atoms with E-state index in [1.165, 1.54) is 41.5 Å². The van der Waals surface area contributed by atoms with E-state index in [1.807, 2.05) is 186 Å². The lowest BCUT2D eigenvalue weighted by Gasteiger charge is -2.10. The van der Waals surface area contributed by atoms with E-state index in [0.29, 0.717) is 0 Å². The van der Waals surface area contributed by atoms with Gasteiger partial charge in [0.1, 0.15) is 57.6 Å². The third-order valence-electron chi connectivity index (χ3n) is 17.8. The number of para-hydroxylation sites is 3. The van der Waals surface area contributed by atoms with Gasteiger partial charge in [-0.3, -0.25) is 0 Å². The van der Waals surface area contributed by atoms with Crippen LogP contribution in [0.3, 0.4) is 0 Å². The Morgan fingerprint density at radius 1 is 0.263 bits per heavy atom. The zero-order valence-corrected chi connectivity index (χ0v) is 58.1. The summed E-state index contributed by atoms with van der Waals surface area (Å²) in [7, 11) is 9.84. The summed E-state index contributed by atoms with van der Waals surface area (Å²) in [5.41, 5.74) is 23.4. The molecular weight excluding hydrogens is 1240 g/mol. The van der Waals surface area contributed by atoms with E-state index in [2.05, 4.69) is 98.8 Å². The van der Waals surface area contributed by atoms with Crippen LogP contribution in [0.4, 0.5) is 22.0 Å². The maximum atomic E-state index is 13.3. The van der Waals surface area contributed by atoms with Gasteiger partial charge in [-0.15, -0.1) is 0 Å². The Labute approximate surface area is 574 Å². The van der Waals surface area contributed by atoms with Crippen LogP contribution in [0, 0.1) is 91.4 Å². The van der Waals surface area contributed by atoms with E-state index >= 15 is 0 Å². The van der Waals surface area contributed by atoms with Crippen molar-refractivity contribution in [2.24, 2.45) is 35.2 Å². The first-order valence-corrected chi connectivity index (χ1v) is 32.5. The fraction of sp³-hybridized carbons (Fsp3) is 0.167. The molecule has 0 saturated carbocycles. The number of hydrogen-bond acceptors (Lipinski definition) is 5. The normalized spacial score (nSPS) is 11.0. The molecule has 0 unspecified atom stereocenters. The van der Waals surface area contributed by atoms with E-state index in [1.54, 1.807) is 49.3 Å². The molecule has 0 fully saturated rings. The lowest BCUT2D eigenvalue weighted by molar-refractivity contribution is -0.668. The monoisotopic (exact) mass is 1320 g/mol. The molecular formula is C84H78F5N10+5. The Bertz CT molecular complexity index is 5530. The van der Waals surface area contributed by atoms with Gasteiger partial charge in [0.2, 0.25) is 0 Å². The molecule has 0 radical (unpaired) electrons. The quantitative estimate of drug-likeness (QED) is 0.127. The first-order valence-electron chi connectivity index (χ1n) is 32.5. The van der Waals surface area contributed by atoms with Gasteiger partial charge in [-0.25, -0.2) is 44.8 Å². The fourth-order valence-corrected chi connectivity index (χ4v) is 12.8. The third kappa shape index (κ3) is 14.9. The van der Waals surface area contributed by atoms with Crippen molar-refractivity contribution in [3.8, 4) is 56.3 Å². The molecule has 0 bridgehead atoms. The zero-order chi connectivity index (χ0) is 70.5. The summed E-state index contributed by atoms with van der Waals surface area (Å²) in [5, 5.41) is 5.40. The largest absolute Gasteiger partial charge is 0.296 e. The van der Waals surface area contributed by atoms with Gasteiger partial charge in [-0.05, 0) is 259 Å². The molecule has 15 rings (SSSR count). The van der Waals surface area contributed by atoms with Crippen LogP contribution in [0.2, 0.25) is 0 Å². The number of fused-ring (bicyclic) bond motifs is 5. The topological polar surface area (TPSA) is 83.9 Å². The van der Waals surface area contributed by atoms with Crippen molar-refractivity contribution < 1.29 is 44.8 Å². The predicted octanol–water partition coefficient (Wildman–Crippen LogP) is 17.1. The van der Waals surface area contributed by atoms with Gasteiger partial charge in [0, 0.05) is 40.3 Å². The number of aryl methyl sites for hydroxylation is 13. The van der Waals surface area contributed by atoms with Crippen LogP contribution in [0.15, 0.2) is 219 Å². The molecule has 15 aromatic rings. The van der Waals surface area contributed by atoms with Crippen molar-refractivity contribution in [2.45, 2.75) is 62.3 Å². The number of benzene rings is 10. The zero-order valence-electron chi connectivity index (χ0n) is 58.1. The molecule has 10 nitrogen and oxygen atoms in total. The molecule has 99 heavy (non-hydrogen) atoms.